The van der Waals surface area contributed by atoms with Crippen LogP contribution in [0.5, 0.6) is 0 Å². The summed E-state index contributed by atoms with van der Waals surface area (Å²) in [7, 11) is 1.70. The summed E-state index contributed by atoms with van der Waals surface area (Å²) >= 11 is 0. The molecule has 8 heavy (non-hydrogen) atoms. The first-order valence-electron chi connectivity index (χ1n) is 2.63. The number of methoxy groups -OCH3 is 1. The van der Waals surface area contributed by atoms with E-state index in [1.165, 1.54) is 0 Å². The molecule has 0 spiro atoms. The third kappa shape index (κ3) is 7.06. The summed E-state index contributed by atoms with van der Waals surface area (Å²) in [6.07, 6.45) is 1.10. The second-order valence-electron chi connectivity index (χ2n) is 1.73. The molecule has 0 bridgehead atoms. The minimum atomic E-state index is 0. The van der Waals surface area contributed by atoms with Crippen LogP contribution in [0.3, 0.4) is 0 Å². The molecule has 1 unspecified atom stereocenters. The summed E-state index contributed by atoms with van der Waals surface area (Å²) < 4.78 is 4.83. The van der Waals surface area contributed by atoms with Gasteiger partial charge in [-0.3, -0.25) is 0 Å². The van der Waals surface area contributed by atoms with E-state index in [4.69, 9.17) is 4.74 Å². The minimum absolute atomic E-state index is 0. The molecule has 0 N–H and O–H groups in total. The van der Waals surface area contributed by atoms with Gasteiger partial charge in [-0.1, -0.05) is 13.3 Å². The Labute approximate surface area is 77.1 Å². The van der Waals surface area contributed by atoms with E-state index in [0.29, 0.717) is 5.92 Å². The SMILES string of the molecule is [CH2-]C(CC)COC.[Y]. The van der Waals surface area contributed by atoms with E-state index < -0.39 is 0 Å². The van der Waals surface area contributed by atoms with Crippen molar-refractivity contribution in [1.29, 1.82) is 0 Å². The molecule has 0 amide bonds. The third-order valence-electron chi connectivity index (χ3n) is 0.980. The zero-order chi connectivity index (χ0) is 5.70. The molecule has 0 aliphatic rings. The van der Waals surface area contributed by atoms with Crippen LogP contribution in [0.15, 0.2) is 0 Å². The molecular weight excluding hydrogens is 177 g/mol. The Balaban J connectivity index is 0. The van der Waals surface area contributed by atoms with E-state index in [1.54, 1.807) is 7.11 Å². The molecule has 0 aliphatic heterocycles. The van der Waals surface area contributed by atoms with Crippen LogP contribution < -0.4 is 0 Å². The van der Waals surface area contributed by atoms with Gasteiger partial charge in [0.05, 0.1) is 0 Å². The quantitative estimate of drug-likeness (QED) is 0.612. The normalized spacial score (nSPS) is 12.4. The maximum atomic E-state index is 4.83. The van der Waals surface area contributed by atoms with Crippen molar-refractivity contribution >= 4 is 0 Å². The van der Waals surface area contributed by atoms with Crippen LogP contribution in [0.4, 0.5) is 0 Å². The Morgan fingerprint density at radius 2 is 2.12 bits per heavy atom. The molecule has 0 heterocycles. The fourth-order valence-electron chi connectivity index (χ4n) is 0.354. The van der Waals surface area contributed by atoms with Crippen molar-refractivity contribution in [2.45, 2.75) is 13.3 Å². The fraction of sp³-hybridized carbons (Fsp3) is 0.833. The molecule has 0 aromatic carbocycles. The molecule has 1 atom stereocenters. The van der Waals surface area contributed by atoms with Gasteiger partial charge in [-0.05, 0) is 0 Å². The summed E-state index contributed by atoms with van der Waals surface area (Å²) in [5, 5.41) is 0. The molecule has 1 nitrogen and oxygen atoms in total. The summed E-state index contributed by atoms with van der Waals surface area (Å²) in [5.41, 5.74) is 0. The molecule has 0 aromatic rings. The molecule has 47 valence electrons. The fourth-order valence-corrected chi connectivity index (χ4v) is 0.354. The van der Waals surface area contributed by atoms with Gasteiger partial charge in [0.2, 0.25) is 0 Å². The minimum Gasteiger partial charge on any atom is -0.387 e. The van der Waals surface area contributed by atoms with Crippen molar-refractivity contribution in [3.63, 3.8) is 0 Å². The Hall–Kier alpha value is 1.06. The van der Waals surface area contributed by atoms with Gasteiger partial charge in [-0.25, -0.2) is 0 Å². The largest absolute Gasteiger partial charge is 0.387 e. The number of ether oxygens (including phenoxy) is 1. The third-order valence-corrected chi connectivity index (χ3v) is 0.980. The van der Waals surface area contributed by atoms with Crippen molar-refractivity contribution in [1.82, 2.24) is 0 Å². The first kappa shape index (κ1) is 11.8. The number of hydrogen-bond donors (Lipinski definition) is 0. The van der Waals surface area contributed by atoms with Crippen molar-refractivity contribution in [2.75, 3.05) is 13.7 Å². The van der Waals surface area contributed by atoms with Gasteiger partial charge in [0, 0.05) is 46.4 Å². The Morgan fingerprint density at radius 3 is 2.25 bits per heavy atom. The average molecular weight is 190 g/mol. The summed E-state index contributed by atoms with van der Waals surface area (Å²) in [4.78, 5) is 0. The van der Waals surface area contributed by atoms with Crippen LogP contribution in [-0.4, -0.2) is 13.7 Å². The van der Waals surface area contributed by atoms with Gasteiger partial charge in [-0.2, -0.15) is 0 Å². The van der Waals surface area contributed by atoms with Crippen LogP contribution >= 0.6 is 0 Å². The van der Waals surface area contributed by atoms with Crippen molar-refractivity contribution < 1.29 is 37.4 Å². The molecular formula is C6H13OY-. The van der Waals surface area contributed by atoms with Gasteiger partial charge in [-0.15, -0.1) is 5.92 Å². The zero-order valence-corrected chi connectivity index (χ0v) is 8.52. The maximum Gasteiger partial charge on any atom is 0.0353 e. The summed E-state index contributed by atoms with van der Waals surface area (Å²) in [6, 6.07) is 0. The van der Waals surface area contributed by atoms with Crippen LogP contribution in [0.1, 0.15) is 13.3 Å². The van der Waals surface area contributed by atoms with E-state index >= 15 is 0 Å². The Bertz CT molecular complexity index is 39.5. The van der Waals surface area contributed by atoms with Gasteiger partial charge < -0.3 is 11.7 Å². The molecule has 0 aromatic heterocycles. The molecule has 2 heteroatoms. The second-order valence-corrected chi connectivity index (χ2v) is 1.73. The van der Waals surface area contributed by atoms with E-state index in [1.807, 2.05) is 0 Å². The van der Waals surface area contributed by atoms with E-state index in [9.17, 15) is 0 Å². The summed E-state index contributed by atoms with van der Waals surface area (Å²) in [6.45, 7) is 6.72. The van der Waals surface area contributed by atoms with Crippen molar-refractivity contribution in [3.8, 4) is 0 Å². The summed E-state index contributed by atoms with van der Waals surface area (Å²) in [5.74, 6) is 0.477. The van der Waals surface area contributed by atoms with Crippen LogP contribution in [-0.2, 0) is 37.4 Å². The molecule has 0 saturated carbocycles. The molecule has 0 aliphatic carbocycles. The predicted molar refractivity (Wildman–Crippen MR) is 31.0 cm³/mol. The van der Waals surface area contributed by atoms with Crippen LogP contribution in [0.2, 0.25) is 0 Å². The predicted octanol–water partition coefficient (Wildman–Crippen LogP) is 1.49. The van der Waals surface area contributed by atoms with Crippen molar-refractivity contribution in [2.24, 2.45) is 5.92 Å². The van der Waals surface area contributed by atoms with Gasteiger partial charge >= 0.3 is 0 Å². The first-order valence-corrected chi connectivity index (χ1v) is 2.63. The maximum absolute atomic E-state index is 4.83. The second kappa shape index (κ2) is 8.06. The Morgan fingerprint density at radius 1 is 1.62 bits per heavy atom. The molecule has 0 saturated heterocycles. The van der Waals surface area contributed by atoms with E-state index in [-0.39, 0.29) is 32.7 Å². The number of hydrogen-bond acceptors (Lipinski definition) is 1. The topological polar surface area (TPSA) is 9.23 Å². The monoisotopic (exact) mass is 190 g/mol. The van der Waals surface area contributed by atoms with Crippen LogP contribution in [0.25, 0.3) is 0 Å². The smallest absolute Gasteiger partial charge is 0.0353 e. The van der Waals surface area contributed by atoms with E-state index in [2.05, 4.69) is 13.8 Å². The standard InChI is InChI=1S/C6H13O.Y/c1-4-6(2)5-7-3;/h6H,2,4-5H2,1,3H3;/q-1;. The molecule has 0 rings (SSSR count). The molecule has 1 radical (unpaired) electrons. The average Bonchev–Trinajstić information content (AvgIpc) is 1.68. The Kier molecular flexibility index (Phi) is 11.9. The van der Waals surface area contributed by atoms with Crippen LogP contribution in [0, 0.1) is 12.8 Å². The first-order chi connectivity index (χ1) is 3.31. The number of rotatable bonds is 3. The van der Waals surface area contributed by atoms with Gasteiger partial charge in [0.15, 0.2) is 0 Å². The molecule has 0 fully saturated rings. The van der Waals surface area contributed by atoms with Gasteiger partial charge in [0.1, 0.15) is 0 Å². The zero-order valence-electron chi connectivity index (χ0n) is 5.68. The van der Waals surface area contributed by atoms with E-state index in [0.717, 1.165) is 13.0 Å². The van der Waals surface area contributed by atoms with Crippen molar-refractivity contribution in [3.05, 3.63) is 6.92 Å². The van der Waals surface area contributed by atoms with Gasteiger partial charge in [0.25, 0.3) is 0 Å².